The predicted octanol–water partition coefficient (Wildman–Crippen LogP) is 2.39. The van der Waals surface area contributed by atoms with Gasteiger partial charge in [0.2, 0.25) is 12.8 Å². The first-order valence-corrected chi connectivity index (χ1v) is 17.2. The topological polar surface area (TPSA) is 179 Å². The number of nitrogens with zero attached hydrogens (tertiary/aromatic N) is 2. The minimum Gasteiger partial charge on any atom is -0.447 e. The van der Waals surface area contributed by atoms with E-state index in [0.717, 1.165) is 10.2 Å². The Labute approximate surface area is 241 Å². The van der Waals surface area contributed by atoms with Gasteiger partial charge in [0.05, 0.1) is 36.7 Å². The molecule has 0 aliphatic rings. The van der Waals surface area contributed by atoms with Crippen LogP contribution in [0.15, 0.2) is 9.98 Å². The highest BCUT2D eigenvalue weighted by Crippen LogP contribution is 2.13. The number of aliphatic hydroxyl groups excluding tert-OH is 2. The summed E-state index contributed by atoms with van der Waals surface area (Å²) in [7, 11) is 0. The highest BCUT2D eigenvalue weighted by Gasteiger charge is 2.01. The van der Waals surface area contributed by atoms with Crippen molar-refractivity contribution in [3.05, 3.63) is 0 Å². The van der Waals surface area contributed by atoms with Crippen LogP contribution in [-0.2, 0) is 29.0 Å². The second kappa shape index (κ2) is 31.6. The highest BCUT2D eigenvalue weighted by molar-refractivity contribution is 8.16. The maximum Gasteiger partial charge on any atom is 0.408 e. The molecular formula is C17H32N4O10S6. The van der Waals surface area contributed by atoms with Crippen LogP contribution in [0.2, 0.25) is 0 Å². The largest absolute Gasteiger partial charge is 0.447 e. The molecule has 4 N–H and O–H groups in total. The summed E-state index contributed by atoms with van der Waals surface area (Å²) in [5.41, 5.74) is 0. The molecular weight excluding hydrogens is 613 g/mol. The van der Waals surface area contributed by atoms with Gasteiger partial charge in [-0.1, -0.05) is 0 Å². The number of amides is 2. The molecule has 0 aromatic carbocycles. The number of rotatable bonds is 26. The Hall–Kier alpha value is -0.580. The van der Waals surface area contributed by atoms with Crippen molar-refractivity contribution in [3.63, 3.8) is 0 Å². The third-order valence-corrected chi connectivity index (χ3v) is 8.65. The van der Waals surface area contributed by atoms with Gasteiger partial charge in [-0.15, -0.1) is 70.6 Å². The SMILES string of the molecule is O=C(NCSCSCN=COOCSCSCOC(=O)NCSCSCN=COOCCO)OCCO. The minimum atomic E-state index is -0.556. The summed E-state index contributed by atoms with van der Waals surface area (Å²) in [6.07, 6.45) is 1.35. The van der Waals surface area contributed by atoms with Crippen LogP contribution in [0.1, 0.15) is 0 Å². The van der Waals surface area contributed by atoms with E-state index in [4.69, 9.17) is 24.7 Å². The number of hydrogen-bond donors (Lipinski definition) is 4. The first-order valence-electron chi connectivity index (χ1n) is 10.2. The van der Waals surface area contributed by atoms with Gasteiger partial charge in [0, 0.05) is 15.3 Å². The van der Waals surface area contributed by atoms with Gasteiger partial charge < -0.3 is 40.1 Å². The van der Waals surface area contributed by atoms with Crippen molar-refractivity contribution < 1.29 is 48.8 Å². The summed E-state index contributed by atoms with van der Waals surface area (Å²) < 4.78 is 9.69. The van der Waals surface area contributed by atoms with Crippen molar-refractivity contribution in [2.75, 3.05) is 77.1 Å². The number of thioether (sulfide) groups is 6. The number of aliphatic hydroxyl groups is 2. The van der Waals surface area contributed by atoms with Crippen LogP contribution < -0.4 is 10.6 Å². The predicted molar refractivity (Wildman–Crippen MR) is 154 cm³/mol. The molecule has 0 rings (SSSR count). The summed E-state index contributed by atoms with van der Waals surface area (Å²) in [6, 6.07) is 0. The van der Waals surface area contributed by atoms with Crippen LogP contribution in [0.25, 0.3) is 0 Å². The molecule has 0 bridgehead atoms. The molecule has 20 heteroatoms. The zero-order chi connectivity index (χ0) is 27.1. The van der Waals surface area contributed by atoms with Crippen molar-refractivity contribution in [1.82, 2.24) is 10.6 Å². The Morgan fingerprint density at radius 1 is 0.676 bits per heavy atom. The van der Waals surface area contributed by atoms with Crippen molar-refractivity contribution in [2.24, 2.45) is 9.98 Å². The molecule has 0 aromatic heterocycles. The molecule has 0 spiro atoms. The average Bonchev–Trinajstić information content (AvgIpc) is 2.90. The van der Waals surface area contributed by atoms with Gasteiger partial charge in [0.25, 0.3) is 0 Å². The van der Waals surface area contributed by atoms with Crippen molar-refractivity contribution in [2.45, 2.75) is 0 Å². The van der Waals surface area contributed by atoms with Gasteiger partial charge in [-0.05, 0) is 0 Å². The van der Waals surface area contributed by atoms with E-state index in [1.807, 2.05) is 0 Å². The van der Waals surface area contributed by atoms with Crippen LogP contribution in [0.3, 0.4) is 0 Å². The molecule has 216 valence electrons. The molecule has 0 heterocycles. The Morgan fingerprint density at radius 2 is 1.22 bits per heavy atom. The molecule has 0 radical (unpaired) electrons. The average molecular weight is 645 g/mol. The van der Waals surface area contributed by atoms with Crippen LogP contribution in [0.5, 0.6) is 0 Å². The standard InChI is InChI=1S/C17H32N4O10S6/c22-1-3-26-16(24)20-9-34-13-33-8-19-6-30-31-12-37-15-36-11-27-17(25)21-10-35-14-32-7-18-5-29-28-4-2-23/h5-6,22-23H,1-4,7-15H2,(H,20,24)(H,21,25). The lowest BCUT2D eigenvalue weighted by atomic mass is 10.8. The van der Waals surface area contributed by atoms with Gasteiger partial charge in [-0.2, -0.15) is 9.78 Å². The van der Waals surface area contributed by atoms with E-state index in [2.05, 4.69) is 35.1 Å². The Balaban J connectivity index is 3.27. The Morgan fingerprint density at radius 3 is 1.84 bits per heavy atom. The fourth-order valence-electron chi connectivity index (χ4n) is 1.39. The molecule has 2 amide bonds. The van der Waals surface area contributed by atoms with Crippen LogP contribution in [0.4, 0.5) is 9.59 Å². The molecule has 37 heavy (non-hydrogen) atoms. The third-order valence-electron chi connectivity index (χ3n) is 2.74. The number of ether oxygens (including phenoxy) is 2. The number of hydrogen-bond acceptors (Lipinski definition) is 18. The maximum atomic E-state index is 11.6. The second-order valence-corrected chi connectivity index (χ2v) is 12.3. The molecule has 0 saturated heterocycles. The van der Waals surface area contributed by atoms with Gasteiger partial charge in [0.1, 0.15) is 25.1 Å². The van der Waals surface area contributed by atoms with E-state index in [-0.39, 0.29) is 32.4 Å². The lowest BCUT2D eigenvalue weighted by Crippen LogP contribution is -2.24. The van der Waals surface area contributed by atoms with Crippen molar-refractivity contribution >= 4 is 95.6 Å². The van der Waals surface area contributed by atoms with E-state index < -0.39 is 12.2 Å². The monoisotopic (exact) mass is 644 g/mol. The molecule has 0 aliphatic heterocycles. The summed E-state index contributed by atoms with van der Waals surface area (Å²) in [5.74, 6) is 2.33. The third kappa shape index (κ3) is 31.5. The van der Waals surface area contributed by atoms with E-state index in [1.165, 1.54) is 83.4 Å². The number of alkyl carbamates (subject to hydrolysis) is 2. The molecule has 0 atom stereocenters. The van der Waals surface area contributed by atoms with Crippen LogP contribution in [-0.4, -0.2) is 112 Å². The number of carbonyl (C=O) groups excluding carboxylic acids is 2. The van der Waals surface area contributed by atoms with Crippen molar-refractivity contribution in [3.8, 4) is 0 Å². The van der Waals surface area contributed by atoms with E-state index in [1.54, 1.807) is 0 Å². The molecule has 0 unspecified atom stereocenters. The summed E-state index contributed by atoms with van der Waals surface area (Å²) in [5, 5.41) is 24.3. The minimum absolute atomic E-state index is 0.0200. The van der Waals surface area contributed by atoms with E-state index >= 15 is 0 Å². The first-order chi connectivity index (χ1) is 18.2. The zero-order valence-corrected chi connectivity index (χ0v) is 24.8. The second-order valence-electron chi connectivity index (χ2n) is 5.44. The molecule has 0 aromatic rings. The number of nitrogens with one attached hydrogen (secondary N) is 2. The van der Waals surface area contributed by atoms with Gasteiger partial charge in [-0.25, -0.2) is 19.6 Å². The lowest BCUT2D eigenvalue weighted by molar-refractivity contribution is -0.221. The Kier molecular flexibility index (Phi) is 31.1. The smallest absolute Gasteiger partial charge is 0.408 e. The summed E-state index contributed by atoms with van der Waals surface area (Å²) in [6.45, 7) is -0.248. The number of aliphatic imine (C=N–C) groups is 2. The van der Waals surface area contributed by atoms with Gasteiger partial charge >= 0.3 is 12.2 Å². The Bertz CT molecular complexity index is 601. The summed E-state index contributed by atoms with van der Waals surface area (Å²) in [4.78, 5) is 49.5. The lowest BCUT2D eigenvalue weighted by Gasteiger charge is -2.06. The molecule has 0 fully saturated rings. The van der Waals surface area contributed by atoms with E-state index in [0.29, 0.717) is 34.5 Å². The molecule has 0 aliphatic carbocycles. The quantitative estimate of drug-likeness (QED) is 0.0269. The highest BCUT2D eigenvalue weighted by atomic mass is 32.2. The van der Waals surface area contributed by atoms with Crippen molar-refractivity contribution in [1.29, 1.82) is 0 Å². The van der Waals surface area contributed by atoms with Crippen LogP contribution in [0, 0.1) is 0 Å². The molecule has 0 saturated carbocycles. The van der Waals surface area contributed by atoms with Crippen LogP contribution >= 0.6 is 70.6 Å². The van der Waals surface area contributed by atoms with Gasteiger partial charge in [0.15, 0.2) is 0 Å². The maximum absolute atomic E-state index is 11.6. The van der Waals surface area contributed by atoms with E-state index in [9.17, 15) is 9.59 Å². The normalized spacial score (nSPS) is 11.1. The fourth-order valence-corrected chi connectivity index (χ4v) is 5.70. The van der Waals surface area contributed by atoms with Gasteiger partial charge in [-0.3, -0.25) is 0 Å². The molecule has 14 nitrogen and oxygen atoms in total. The summed E-state index contributed by atoms with van der Waals surface area (Å²) >= 11 is 8.96. The number of carbonyl (C=O) groups is 2. The first kappa shape index (κ1) is 36.4. The fraction of sp³-hybridized carbons (Fsp3) is 0.765. The zero-order valence-electron chi connectivity index (χ0n) is 19.9.